The van der Waals surface area contributed by atoms with Crippen molar-refractivity contribution in [3.8, 4) is 0 Å². The molecule has 1 aromatic heterocycles. The number of benzene rings is 1. The smallest absolute Gasteiger partial charge is 0.319 e. The van der Waals surface area contributed by atoms with Gasteiger partial charge in [0.15, 0.2) is 0 Å². The zero-order valence-electron chi connectivity index (χ0n) is 12.5. The van der Waals surface area contributed by atoms with Crippen molar-refractivity contribution in [1.29, 1.82) is 0 Å². The first-order valence-electron chi connectivity index (χ1n) is 7.33. The van der Waals surface area contributed by atoms with E-state index in [1.165, 1.54) is 0 Å². The fourth-order valence-corrected chi connectivity index (χ4v) is 2.39. The summed E-state index contributed by atoms with van der Waals surface area (Å²) in [6, 6.07) is 9.30. The normalized spacial score (nSPS) is 18.1. The highest BCUT2D eigenvalue weighted by molar-refractivity contribution is 6.00. The fraction of sp³-hybridized carbons (Fsp3) is 0.375. The maximum atomic E-state index is 12.0. The zero-order valence-corrected chi connectivity index (χ0v) is 12.5. The van der Waals surface area contributed by atoms with Gasteiger partial charge >= 0.3 is 6.03 Å². The molecular formula is C16H19N3O3. The highest BCUT2D eigenvalue weighted by Gasteiger charge is 2.15. The van der Waals surface area contributed by atoms with Gasteiger partial charge in [-0.1, -0.05) is 6.07 Å². The predicted octanol–water partition coefficient (Wildman–Crippen LogP) is 2.08. The van der Waals surface area contributed by atoms with E-state index in [2.05, 4.69) is 15.6 Å². The molecule has 0 saturated carbocycles. The molecule has 3 rings (SSSR count). The lowest BCUT2D eigenvalue weighted by atomic mass is 10.1. The van der Waals surface area contributed by atoms with Crippen molar-refractivity contribution in [2.75, 3.05) is 31.7 Å². The Morgan fingerprint density at radius 1 is 1.32 bits per heavy atom. The number of carbonyl (C=O) groups excluding carboxylic acids is 1. The van der Waals surface area contributed by atoms with E-state index in [9.17, 15) is 4.79 Å². The molecule has 2 N–H and O–H groups in total. The second-order valence-electron chi connectivity index (χ2n) is 5.23. The number of rotatable bonds is 3. The minimum absolute atomic E-state index is 0.0867. The summed E-state index contributed by atoms with van der Waals surface area (Å²) < 4.78 is 10.8. The van der Waals surface area contributed by atoms with Crippen LogP contribution in [0.1, 0.15) is 5.69 Å². The second kappa shape index (κ2) is 6.72. The molecule has 1 fully saturated rings. The summed E-state index contributed by atoms with van der Waals surface area (Å²) in [4.78, 5) is 16.5. The Morgan fingerprint density at radius 3 is 3.05 bits per heavy atom. The third kappa shape index (κ3) is 3.52. The van der Waals surface area contributed by atoms with Crippen LogP contribution < -0.4 is 10.6 Å². The van der Waals surface area contributed by atoms with Gasteiger partial charge in [-0.25, -0.2) is 4.79 Å². The average molecular weight is 301 g/mol. The van der Waals surface area contributed by atoms with E-state index < -0.39 is 0 Å². The van der Waals surface area contributed by atoms with Crippen LogP contribution in [0.5, 0.6) is 0 Å². The second-order valence-corrected chi connectivity index (χ2v) is 5.23. The van der Waals surface area contributed by atoms with Gasteiger partial charge in [0.1, 0.15) is 0 Å². The van der Waals surface area contributed by atoms with Gasteiger partial charge in [0.2, 0.25) is 0 Å². The topological polar surface area (TPSA) is 72.5 Å². The van der Waals surface area contributed by atoms with Crippen LogP contribution in [0.15, 0.2) is 30.3 Å². The molecule has 2 aromatic rings. The van der Waals surface area contributed by atoms with Gasteiger partial charge < -0.3 is 20.1 Å². The van der Waals surface area contributed by atoms with E-state index in [1.807, 2.05) is 37.3 Å². The number of nitrogens with one attached hydrogen (secondary N) is 2. The Balaban J connectivity index is 1.63. The summed E-state index contributed by atoms with van der Waals surface area (Å²) in [5, 5.41) is 6.58. The molecule has 1 saturated heterocycles. The van der Waals surface area contributed by atoms with Crippen LogP contribution in [0.2, 0.25) is 0 Å². The molecule has 0 aliphatic carbocycles. The summed E-state index contributed by atoms with van der Waals surface area (Å²) in [7, 11) is 0. The molecule has 0 radical (unpaired) electrons. The quantitative estimate of drug-likeness (QED) is 0.910. The standard InChI is InChI=1S/C16H19N3O3/c1-11-5-6-13-14(18-11)3-2-4-15(13)19-16(20)17-9-12-10-21-7-8-22-12/h2-6,12H,7-10H2,1H3,(H2,17,19,20)/t12-/m1/s1. The molecule has 0 unspecified atom stereocenters. The molecule has 2 heterocycles. The number of urea groups is 1. The molecular weight excluding hydrogens is 282 g/mol. The minimum Gasteiger partial charge on any atom is -0.376 e. The summed E-state index contributed by atoms with van der Waals surface area (Å²) in [6.07, 6.45) is -0.0867. The average Bonchev–Trinajstić information content (AvgIpc) is 2.54. The molecule has 1 aliphatic rings. The molecule has 22 heavy (non-hydrogen) atoms. The van der Waals surface area contributed by atoms with Crippen molar-refractivity contribution < 1.29 is 14.3 Å². The van der Waals surface area contributed by atoms with E-state index in [0.29, 0.717) is 26.4 Å². The number of anilines is 1. The number of hydrogen-bond acceptors (Lipinski definition) is 4. The number of aromatic nitrogens is 1. The Hall–Kier alpha value is -2.18. The maximum Gasteiger partial charge on any atom is 0.319 e. The molecule has 1 aliphatic heterocycles. The summed E-state index contributed by atoms with van der Waals surface area (Å²) in [6.45, 7) is 4.07. The van der Waals surface area contributed by atoms with Gasteiger partial charge in [-0.2, -0.15) is 0 Å². The predicted molar refractivity (Wildman–Crippen MR) is 84.1 cm³/mol. The molecule has 1 aromatic carbocycles. The Labute approximate surface area is 128 Å². The number of ether oxygens (including phenoxy) is 2. The van der Waals surface area contributed by atoms with Crippen LogP contribution >= 0.6 is 0 Å². The molecule has 6 heteroatoms. The largest absolute Gasteiger partial charge is 0.376 e. The lowest BCUT2D eigenvalue weighted by molar-refractivity contribution is -0.0852. The molecule has 1 atom stereocenters. The van der Waals surface area contributed by atoms with Crippen molar-refractivity contribution in [3.63, 3.8) is 0 Å². The van der Waals surface area contributed by atoms with Gasteiger partial charge in [-0.15, -0.1) is 0 Å². The van der Waals surface area contributed by atoms with E-state index in [0.717, 1.165) is 22.3 Å². The van der Waals surface area contributed by atoms with Crippen LogP contribution in [0, 0.1) is 6.92 Å². The summed E-state index contributed by atoms with van der Waals surface area (Å²) in [5.41, 5.74) is 2.55. The van der Waals surface area contributed by atoms with Crippen molar-refractivity contribution in [1.82, 2.24) is 10.3 Å². The third-order valence-electron chi connectivity index (χ3n) is 3.49. The number of fused-ring (bicyclic) bond motifs is 1. The number of carbonyl (C=O) groups is 1. The monoisotopic (exact) mass is 301 g/mol. The minimum atomic E-state index is -0.262. The highest BCUT2D eigenvalue weighted by atomic mass is 16.6. The summed E-state index contributed by atoms with van der Waals surface area (Å²) in [5.74, 6) is 0. The van der Waals surface area contributed by atoms with Gasteiger partial charge in [0.05, 0.1) is 37.1 Å². The van der Waals surface area contributed by atoms with E-state index in [4.69, 9.17) is 9.47 Å². The number of amides is 2. The van der Waals surface area contributed by atoms with E-state index in [1.54, 1.807) is 0 Å². The van der Waals surface area contributed by atoms with Gasteiger partial charge in [-0.05, 0) is 31.2 Å². The van der Waals surface area contributed by atoms with Crippen molar-refractivity contribution in [3.05, 3.63) is 36.0 Å². The zero-order chi connectivity index (χ0) is 15.4. The number of aryl methyl sites for hydroxylation is 1. The van der Waals surface area contributed by atoms with Crippen LogP contribution in [-0.2, 0) is 9.47 Å². The van der Waals surface area contributed by atoms with Crippen LogP contribution in [0.25, 0.3) is 10.9 Å². The Kier molecular flexibility index (Phi) is 4.50. The first kappa shape index (κ1) is 14.7. The van der Waals surface area contributed by atoms with Crippen LogP contribution in [-0.4, -0.2) is 43.5 Å². The molecule has 2 amide bonds. The Morgan fingerprint density at radius 2 is 2.23 bits per heavy atom. The molecule has 0 spiro atoms. The molecule has 116 valence electrons. The van der Waals surface area contributed by atoms with Crippen molar-refractivity contribution in [2.45, 2.75) is 13.0 Å². The molecule has 6 nitrogen and oxygen atoms in total. The molecule has 0 bridgehead atoms. The van der Waals surface area contributed by atoms with E-state index >= 15 is 0 Å². The Bertz CT molecular complexity index is 669. The first-order chi connectivity index (χ1) is 10.7. The van der Waals surface area contributed by atoms with Crippen LogP contribution in [0.4, 0.5) is 10.5 Å². The maximum absolute atomic E-state index is 12.0. The highest BCUT2D eigenvalue weighted by Crippen LogP contribution is 2.22. The third-order valence-corrected chi connectivity index (χ3v) is 3.49. The first-order valence-corrected chi connectivity index (χ1v) is 7.33. The SMILES string of the molecule is Cc1ccc2c(NC(=O)NC[C@@H]3COCCO3)cccc2n1. The number of pyridine rings is 1. The lowest BCUT2D eigenvalue weighted by Crippen LogP contribution is -2.41. The van der Waals surface area contributed by atoms with Gasteiger partial charge in [0.25, 0.3) is 0 Å². The van der Waals surface area contributed by atoms with Crippen molar-refractivity contribution >= 4 is 22.6 Å². The number of hydrogen-bond donors (Lipinski definition) is 2. The summed E-state index contributed by atoms with van der Waals surface area (Å²) >= 11 is 0. The van der Waals surface area contributed by atoms with Gasteiger partial charge in [0, 0.05) is 17.6 Å². The number of nitrogens with zero attached hydrogens (tertiary/aromatic N) is 1. The lowest BCUT2D eigenvalue weighted by Gasteiger charge is -2.23. The fourth-order valence-electron chi connectivity index (χ4n) is 2.39. The van der Waals surface area contributed by atoms with Crippen molar-refractivity contribution in [2.24, 2.45) is 0 Å². The van der Waals surface area contributed by atoms with Crippen LogP contribution in [0.3, 0.4) is 0 Å². The van der Waals surface area contributed by atoms with E-state index in [-0.39, 0.29) is 12.1 Å². The van der Waals surface area contributed by atoms with Gasteiger partial charge in [-0.3, -0.25) is 4.98 Å².